The van der Waals surface area contributed by atoms with Gasteiger partial charge in [-0.15, -0.1) is 0 Å². The van der Waals surface area contributed by atoms with Gasteiger partial charge in [0.05, 0.1) is 11.7 Å². The molecule has 1 saturated carbocycles. The third-order valence-electron chi connectivity index (χ3n) is 4.22. The van der Waals surface area contributed by atoms with Crippen LogP contribution in [0.15, 0.2) is 24.3 Å². The lowest BCUT2D eigenvalue weighted by Crippen LogP contribution is -2.62. The van der Waals surface area contributed by atoms with Crippen molar-refractivity contribution in [2.45, 2.75) is 39.3 Å². The van der Waals surface area contributed by atoms with Crippen molar-refractivity contribution in [1.82, 2.24) is 5.32 Å². The highest BCUT2D eigenvalue weighted by Crippen LogP contribution is 2.42. The molecule has 0 radical (unpaired) electrons. The van der Waals surface area contributed by atoms with Crippen LogP contribution in [0.1, 0.15) is 47.9 Å². The van der Waals surface area contributed by atoms with Gasteiger partial charge in [-0.25, -0.2) is 4.79 Å². The summed E-state index contributed by atoms with van der Waals surface area (Å²) in [5.74, 6) is -1.28. The van der Waals surface area contributed by atoms with Gasteiger partial charge in [0.25, 0.3) is 5.91 Å². The lowest BCUT2D eigenvalue weighted by molar-refractivity contribution is -0.111. The third kappa shape index (κ3) is 3.08. The Hall–Kier alpha value is -1.88. The van der Waals surface area contributed by atoms with Gasteiger partial charge >= 0.3 is 5.97 Å². The summed E-state index contributed by atoms with van der Waals surface area (Å²) >= 11 is 0. The molecule has 2 unspecified atom stereocenters. The molecule has 0 spiro atoms. The smallest absolute Gasteiger partial charge is 0.335 e. The Kier molecular flexibility index (Phi) is 4.32. The van der Waals surface area contributed by atoms with Crippen LogP contribution in [-0.4, -0.2) is 35.7 Å². The largest absolute Gasteiger partial charge is 0.478 e. The summed E-state index contributed by atoms with van der Waals surface area (Å²) in [6.07, 6.45) is 0.934. The number of rotatable bonds is 5. The van der Waals surface area contributed by atoms with Crippen LogP contribution in [0, 0.1) is 5.41 Å². The molecule has 0 saturated heterocycles. The van der Waals surface area contributed by atoms with E-state index in [-0.39, 0.29) is 29.0 Å². The molecule has 1 fully saturated rings. The fourth-order valence-corrected chi connectivity index (χ4v) is 2.65. The molecule has 2 N–H and O–H groups in total. The zero-order valence-corrected chi connectivity index (χ0v) is 12.6. The zero-order chi connectivity index (χ0) is 15.6. The van der Waals surface area contributed by atoms with Crippen molar-refractivity contribution < 1.29 is 19.4 Å². The van der Waals surface area contributed by atoms with Crippen LogP contribution in [0.4, 0.5) is 0 Å². The van der Waals surface area contributed by atoms with E-state index in [9.17, 15) is 9.59 Å². The van der Waals surface area contributed by atoms with E-state index in [0.29, 0.717) is 12.2 Å². The molecular weight excluding hydrogens is 270 g/mol. The fourth-order valence-electron chi connectivity index (χ4n) is 2.65. The second-order valence-corrected chi connectivity index (χ2v) is 5.91. The molecule has 1 aromatic rings. The average molecular weight is 291 g/mol. The standard InChI is InChI=1S/C16H21NO4/c1-4-21-13-9-12(16(13,2)3)17-14(18)10-6-5-7-11(8-10)15(19)20/h5-8,12-13H,4,9H2,1-3H3,(H,17,18)(H,19,20). The lowest BCUT2D eigenvalue weighted by atomic mass is 9.64. The molecule has 5 nitrogen and oxygen atoms in total. The van der Waals surface area contributed by atoms with Crippen LogP contribution >= 0.6 is 0 Å². The van der Waals surface area contributed by atoms with E-state index in [1.165, 1.54) is 12.1 Å². The summed E-state index contributed by atoms with van der Waals surface area (Å²) in [5.41, 5.74) is 0.365. The van der Waals surface area contributed by atoms with Crippen molar-refractivity contribution in [2.24, 2.45) is 5.41 Å². The quantitative estimate of drug-likeness (QED) is 0.873. The number of carbonyl (C=O) groups excluding carboxylic acids is 1. The molecule has 1 aliphatic carbocycles. The van der Waals surface area contributed by atoms with E-state index >= 15 is 0 Å². The minimum atomic E-state index is -1.04. The Morgan fingerprint density at radius 2 is 2.05 bits per heavy atom. The number of ether oxygens (including phenoxy) is 1. The predicted octanol–water partition coefficient (Wildman–Crippen LogP) is 2.32. The van der Waals surface area contributed by atoms with E-state index < -0.39 is 5.97 Å². The number of hydrogen-bond donors (Lipinski definition) is 2. The SMILES string of the molecule is CCOC1CC(NC(=O)c2cccc(C(=O)O)c2)C1(C)C. The number of carboxylic acids is 1. The molecule has 1 amide bonds. The summed E-state index contributed by atoms with van der Waals surface area (Å²) in [5, 5.41) is 11.9. The van der Waals surface area contributed by atoms with Gasteiger partial charge in [-0.1, -0.05) is 19.9 Å². The Balaban J connectivity index is 2.03. The molecule has 2 rings (SSSR count). The van der Waals surface area contributed by atoms with Crippen molar-refractivity contribution in [3.05, 3.63) is 35.4 Å². The molecular formula is C16H21NO4. The molecule has 1 aliphatic rings. The predicted molar refractivity (Wildman–Crippen MR) is 78.5 cm³/mol. The first kappa shape index (κ1) is 15.5. The van der Waals surface area contributed by atoms with Crippen molar-refractivity contribution in [3.8, 4) is 0 Å². The maximum absolute atomic E-state index is 12.2. The van der Waals surface area contributed by atoms with Gasteiger partial charge in [-0.05, 0) is 31.5 Å². The van der Waals surface area contributed by atoms with Crippen molar-refractivity contribution in [3.63, 3.8) is 0 Å². The van der Waals surface area contributed by atoms with Crippen LogP contribution < -0.4 is 5.32 Å². The van der Waals surface area contributed by atoms with Crippen LogP contribution in [0.2, 0.25) is 0 Å². The van der Waals surface area contributed by atoms with E-state index in [1.54, 1.807) is 12.1 Å². The van der Waals surface area contributed by atoms with E-state index in [2.05, 4.69) is 19.2 Å². The van der Waals surface area contributed by atoms with Gasteiger partial charge in [-0.3, -0.25) is 4.79 Å². The molecule has 0 heterocycles. The number of aromatic carboxylic acids is 1. The Morgan fingerprint density at radius 1 is 1.38 bits per heavy atom. The highest BCUT2D eigenvalue weighted by molar-refractivity contribution is 5.97. The Morgan fingerprint density at radius 3 is 2.62 bits per heavy atom. The number of hydrogen-bond acceptors (Lipinski definition) is 3. The van der Waals surface area contributed by atoms with E-state index in [1.807, 2.05) is 6.92 Å². The number of nitrogens with one attached hydrogen (secondary N) is 1. The first-order valence-electron chi connectivity index (χ1n) is 7.12. The highest BCUT2D eigenvalue weighted by Gasteiger charge is 2.49. The maximum Gasteiger partial charge on any atom is 0.335 e. The topological polar surface area (TPSA) is 75.6 Å². The van der Waals surface area contributed by atoms with Crippen molar-refractivity contribution >= 4 is 11.9 Å². The van der Waals surface area contributed by atoms with E-state index in [4.69, 9.17) is 9.84 Å². The van der Waals surface area contributed by atoms with Gasteiger partial charge in [-0.2, -0.15) is 0 Å². The first-order valence-corrected chi connectivity index (χ1v) is 7.12. The van der Waals surface area contributed by atoms with Crippen molar-refractivity contribution in [1.29, 1.82) is 0 Å². The lowest BCUT2D eigenvalue weighted by Gasteiger charge is -2.51. The molecule has 0 bridgehead atoms. The molecule has 0 aliphatic heterocycles. The first-order chi connectivity index (χ1) is 9.86. The van der Waals surface area contributed by atoms with Gasteiger partial charge in [0.2, 0.25) is 0 Å². The van der Waals surface area contributed by atoms with Crippen LogP contribution in [0.25, 0.3) is 0 Å². The number of carbonyl (C=O) groups is 2. The Bertz CT molecular complexity index is 553. The second-order valence-electron chi connectivity index (χ2n) is 5.91. The monoisotopic (exact) mass is 291 g/mol. The summed E-state index contributed by atoms with van der Waals surface area (Å²) in [7, 11) is 0. The molecule has 5 heteroatoms. The fraction of sp³-hybridized carbons (Fsp3) is 0.500. The molecule has 1 aromatic carbocycles. The summed E-state index contributed by atoms with van der Waals surface area (Å²) in [4.78, 5) is 23.2. The van der Waals surface area contributed by atoms with Crippen LogP contribution in [-0.2, 0) is 4.74 Å². The average Bonchev–Trinajstić information content (AvgIpc) is 2.46. The van der Waals surface area contributed by atoms with Gasteiger partial charge in [0.15, 0.2) is 0 Å². The molecule has 2 atom stereocenters. The molecule has 0 aromatic heterocycles. The number of amides is 1. The van der Waals surface area contributed by atoms with Crippen molar-refractivity contribution in [2.75, 3.05) is 6.61 Å². The number of carboxylic acid groups (broad SMARTS) is 1. The maximum atomic E-state index is 12.2. The second kappa shape index (κ2) is 5.85. The summed E-state index contributed by atoms with van der Waals surface area (Å²) in [6, 6.07) is 6.09. The van der Waals surface area contributed by atoms with E-state index in [0.717, 1.165) is 6.42 Å². The minimum Gasteiger partial charge on any atom is -0.478 e. The molecule has 21 heavy (non-hydrogen) atoms. The van der Waals surface area contributed by atoms with Gasteiger partial charge in [0.1, 0.15) is 0 Å². The third-order valence-corrected chi connectivity index (χ3v) is 4.22. The van der Waals surface area contributed by atoms with Crippen LogP contribution in [0.3, 0.4) is 0 Å². The Labute approximate surface area is 124 Å². The molecule has 114 valence electrons. The number of benzene rings is 1. The minimum absolute atomic E-state index is 0.0371. The van der Waals surface area contributed by atoms with Gasteiger partial charge in [0, 0.05) is 23.6 Å². The zero-order valence-electron chi connectivity index (χ0n) is 12.6. The summed E-state index contributed by atoms with van der Waals surface area (Å²) < 4.78 is 5.63. The van der Waals surface area contributed by atoms with Gasteiger partial charge < -0.3 is 15.2 Å². The normalized spacial score (nSPS) is 23.2. The van der Waals surface area contributed by atoms with Crippen LogP contribution in [0.5, 0.6) is 0 Å². The summed E-state index contributed by atoms with van der Waals surface area (Å²) in [6.45, 7) is 6.75. The highest BCUT2D eigenvalue weighted by atomic mass is 16.5.